The minimum Gasteiger partial charge on any atom is -0.465 e. The number of amides is 1. The topological polar surface area (TPSA) is 147 Å². The number of fused-ring (bicyclic) bond motifs is 1. The summed E-state index contributed by atoms with van der Waals surface area (Å²) in [4.78, 5) is 16.2. The molecule has 0 saturated carbocycles. The van der Waals surface area contributed by atoms with Gasteiger partial charge in [-0.2, -0.15) is 0 Å². The zero-order valence-corrected chi connectivity index (χ0v) is 23.6. The Morgan fingerprint density at radius 3 is 2.39 bits per heavy atom. The number of aromatic nitrogens is 2. The van der Waals surface area contributed by atoms with E-state index in [9.17, 15) is 21.6 Å². The largest absolute Gasteiger partial charge is 0.465 e. The van der Waals surface area contributed by atoms with Crippen LogP contribution in [0.25, 0.3) is 21.5 Å². The fraction of sp³-hybridized carbons (Fsp3) is 0.280. The summed E-state index contributed by atoms with van der Waals surface area (Å²) in [5.41, 5.74) is 0.836. The Balaban J connectivity index is 1.68. The monoisotopic (exact) mass is 576 g/mol. The van der Waals surface area contributed by atoms with Gasteiger partial charge in [0, 0.05) is 34.3 Å². The summed E-state index contributed by atoms with van der Waals surface area (Å²) in [6.07, 6.45) is 0.256. The molecule has 1 atom stereocenters. The number of benzene rings is 1. The number of thiophene rings is 1. The summed E-state index contributed by atoms with van der Waals surface area (Å²) >= 11 is 1.03. The van der Waals surface area contributed by atoms with Crippen molar-refractivity contribution in [3.8, 4) is 10.4 Å². The molecule has 0 aliphatic rings. The van der Waals surface area contributed by atoms with Crippen LogP contribution in [0.5, 0.6) is 0 Å². The van der Waals surface area contributed by atoms with E-state index in [1.54, 1.807) is 43.3 Å². The highest BCUT2D eigenvalue weighted by molar-refractivity contribution is 7.91. The predicted octanol–water partition coefficient (Wildman–Crippen LogP) is 4.27. The standard InChI is InChI=1S/C25H28N4O6S3/c1-16-14-19-18(12-13-26-23(19)29(16)38(34,35)17-8-6-5-7-9-17)20-10-11-22(36-20)37(32,33)27-15-21(25(2,3)4)28-24(30)31/h5-14,21,27-28H,15H2,1-4H3,(H,30,31). The molecule has 1 aromatic carbocycles. The summed E-state index contributed by atoms with van der Waals surface area (Å²) in [5, 5.41) is 12.0. The lowest BCUT2D eigenvalue weighted by Gasteiger charge is -2.30. The maximum absolute atomic E-state index is 13.4. The van der Waals surface area contributed by atoms with Crippen LogP contribution >= 0.6 is 11.3 Å². The average molecular weight is 577 g/mol. The van der Waals surface area contributed by atoms with E-state index in [1.807, 2.05) is 20.8 Å². The molecule has 4 rings (SSSR count). The predicted molar refractivity (Wildman–Crippen MR) is 146 cm³/mol. The maximum atomic E-state index is 13.4. The Hall–Kier alpha value is -3.26. The molecule has 1 amide bonds. The molecule has 0 saturated heterocycles. The molecule has 0 aliphatic carbocycles. The second-order valence-electron chi connectivity index (χ2n) is 9.80. The number of sulfonamides is 1. The Morgan fingerprint density at radius 2 is 1.76 bits per heavy atom. The van der Waals surface area contributed by atoms with Crippen LogP contribution in [0.15, 0.2) is 69.9 Å². The lowest BCUT2D eigenvalue weighted by atomic mass is 9.87. The Bertz CT molecular complexity index is 1700. The molecule has 0 bridgehead atoms. The number of aryl methyl sites for hydroxylation is 1. The van der Waals surface area contributed by atoms with E-state index in [-0.39, 0.29) is 21.3 Å². The molecule has 3 heterocycles. The van der Waals surface area contributed by atoms with Gasteiger partial charge in [-0.1, -0.05) is 39.0 Å². The van der Waals surface area contributed by atoms with Crippen LogP contribution in [0.1, 0.15) is 26.5 Å². The smallest absolute Gasteiger partial charge is 0.404 e. The number of nitrogens with zero attached hydrogens (tertiary/aromatic N) is 2. The van der Waals surface area contributed by atoms with Crippen molar-refractivity contribution in [1.82, 2.24) is 19.0 Å². The number of hydrogen-bond acceptors (Lipinski definition) is 7. The van der Waals surface area contributed by atoms with Crippen molar-refractivity contribution >= 4 is 48.5 Å². The number of carbonyl (C=O) groups is 1. The van der Waals surface area contributed by atoms with E-state index in [2.05, 4.69) is 15.0 Å². The number of carboxylic acid groups (broad SMARTS) is 1. The Kier molecular flexibility index (Phi) is 7.40. The Labute approximate surface area is 225 Å². The van der Waals surface area contributed by atoms with Gasteiger partial charge in [-0.05, 0) is 48.7 Å². The number of pyridine rings is 1. The second-order valence-corrected chi connectivity index (χ2v) is 14.7. The van der Waals surface area contributed by atoms with E-state index in [1.165, 1.54) is 28.4 Å². The van der Waals surface area contributed by atoms with E-state index in [0.29, 0.717) is 21.5 Å². The summed E-state index contributed by atoms with van der Waals surface area (Å²) in [7, 11) is -7.84. The number of hydrogen-bond donors (Lipinski definition) is 3. The van der Waals surface area contributed by atoms with Crippen molar-refractivity contribution in [1.29, 1.82) is 0 Å². The van der Waals surface area contributed by atoms with Gasteiger partial charge in [0.2, 0.25) is 10.0 Å². The number of rotatable bonds is 8. The summed E-state index contributed by atoms with van der Waals surface area (Å²) in [5.74, 6) is 0. The molecule has 3 N–H and O–H groups in total. The van der Waals surface area contributed by atoms with Crippen LogP contribution in [-0.4, -0.2) is 49.6 Å². The van der Waals surface area contributed by atoms with Gasteiger partial charge in [0.05, 0.1) is 10.9 Å². The fourth-order valence-corrected chi connectivity index (χ4v) is 7.97. The Morgan fingerprint density at radius 1 is 1.08 bits per heavy atom. The maximum Gasteiger partial charge on any atom is 0.404 e. The molecule has 1 unspecified atom stereocenters. The van der Waals surface area contributed by atoms with Crippen LogP contribution in [0, 0.1) is 12.3 Å². The first-order chi connectivity index (χ1) is 17.7. The van der Waals surface area contributed by atoms with E-state index in [0.717, 1.165) is 11.3 Å². The summed E-state index contributed by atoms with van der Waals surface area (Å²) in [6.45, 7) is 6.99. The molecule has 10 nitrogen and oxygen atoms in total. The SMILES string of the molecule is Cc1cc2c(-c3ccc(S(=O)(=O)NCC(NC(=O)O)C(C)(C)C)s3)ccnc2n1S(=O)(=O)c1ccccc1. The van der Waals surface area contributed by atoms with Crippen LogP contribution in [0.3, 0.4) is 0 Å². The molecular formula is C25H28N4O6S3. The van der Waals surface area contributed by atoms with Gasteiger partial charge >= 0.3 is 6.09 Å². The zero-order valence-electron chi connectivity index (χ0n) is 21.2. The van der Waals surface area contributed by atoms with Crippen molar-refractivity contribution in [2.75, 3.05) is 6.54 Å². The van der Waals surface area contributed by atoms with Crippen molar-refractivity contribution in [2.24, 2.45) is 5.41 Å². The molecule has 0 radical (unpaired) electrons. The molecule has 0 fully saturated rings. The molecule has 38 heavy (non-hydrogen) atoms. The molecule has 0 aliphatic heterocycles. The lowest BCUT2D eigenvalue weighted by molar-refractivity contribution is 0.175. The summed E-state index contributed by atoms with van der Waals surface area (Å²) in [6, 6.07) is 14.0. The first kappa shape index (κ1) is 27.8. The second kappa shape index (κ2) is 10.1. The van der Waals surface area contributed by atoms with Crippen molar-refractivity contribution < 1.29 is 26.7 Å². The first-order valence-electron chi connectivity index (χ1n) is 11.6. The van der Waals surface area contributed by atoms with Crippen LogP contribution in [0.4, 0.5) is 4.79 Å². The highest BCUT2D eigenvalue weighted by Gasteiger charge is 2.29. The molecular weight excluding hydrogens is 548 g/mol. The molecule has 202 valence electrons. The highest BCUT2D eigenvalue weighted by atomic mass is 32.2. The van der Waals surface area contributed by atoms with Gasteiger partial charge in [0.25, 0.3) is 10.0 Å². The minimum atomic E-state index is -3.94. The third-order valence-electron chi connectivity index (χ3n) is 6.05. The molecule has 3 aromatic heterocycles. The van der Waals surface area contributed by atoms with E-state index >= 15 is 0 Å². The zero-order chi connectivity index (χ0) is 27.9. The van der Waals surface area contributed by atoms with Crippen LogP contribution in [-0.2, 0) is 20.0 Å². The van der Waals surface area contributed by atoms with Gasteiger partial charge in [-0.15, -0.1) is 11.3 Å². The minimum absolute atomic E-state index is 0.0495. The van der Waals surface area contributed by atoms with Crippen molar-refractivity contribution in [2.45, 2.75) is 42.8 Å². The molecule has 4 aromatic rings. The van der Waals surface area contributed by atoms with Crippen LogP contribution < -0.4 is 10.0 Å². The fourth-order valence-electron chi connectivity index (χ4n) is 4.01. The van der Waals surface area contributed by atoms with Gasteiger partial charge < -0.3 is 10.4 Å². The van der Waals surface area contributed by atoms with Crippen molar-refractivity contribution in [3.05, 3.63) is 66.5 Å². The van der Waals surface area contributed by atoms with Gasteiger partial charge in [0.1, 0.15) is 4.21 Å². The van der Waals surface area contributed by atoms with E-state index < -0.39 is 37.6 Å². The normalized spacial score (nSPS) is 13.5. The van der Waals surface area contributed by atoms with Gasteiger partial charge in [-0.3, -0.25) is 0 Å². The van der Waals surface area contributed by atoms with Gasteiger partial charge in [0.15, 0.2) is 5.65 Å². The third kappa shape index (κ3) is 5.46. The van der Waals surface area contributed by atoms with Crippen molar-refractivity contribution in [3.63, 3.8) is 0 Å². The van der Waals surface area contributed by atoms with E-state index in [4.69, 9.17) is 5.11 Å². The molecule has 13 heteroatoms. The average Bonchev–Trinajstić information content (AvgIpc) is 3.46. The summed E-state index contributed by atoms with van der Waals surface area (Å²) < 4.78 is 56.6. The first-order valence-corrected chi connectivity index (χ1v) is 15.3. The molecule has 0 spiro atoms. The lowest BCUT2D eigenvalue weighted by Crippen LogP contribution is -2.50. The quantitative estimate of drug-likeness (QED) is 0.284. The van der Waals surface area contributed by atoms with Gasteiger partial charge in [-0.25, -0.2) is 35.3 Å². The highest BCUT2D eigenvalue weighted by Crippen LogP contribution is 2.36. The number of nitrogens with one attached hydrogen (secondary N) is 2. The third-order valence-corrected chi connectivity index (χ3v) is 10.9. The van der Waals surface area contributed by atoms with Crippen LogP contribution in [0.2, 0.25) is 0 Å².